The van der Waals surface area contributed by atoms with Gasteiger partial charge in [-0.25, -0.2) is 4.68 Å². The van der Waals surface area contributed by atoms with Gasteiger partial charge in [-0.3, -0.25) is 9.78 Å². The molecule has 1 aromatic carbocycles. The van der Waals surface area contributed by atoms with E-state index >= 15 is 0 Å². The molecule has 0 saturated carbocycles. The van der Waals surface area contributed by atoms with Crippen LogP contribution in [0.25, 0.3) is 5.69 Å². The molecule has 23 heavy (non-hydrogen) atoms. The second-order valence-electron chi connectivity index (χ2n) is 5.31. The fraction of sp³-hybridized carbons (Fsp3) is 0.176. The molecular formula is C17H17N5O. The lowest BCUT2D eigenvalue weighted by Crippen LogP contribution is -2.24. The Bertz CT molecular complexity index is 809. The number of amides is 1. The largest absolute Gasteiger partial charge is 0.346 e. The number of aryl methyl sites for hydroxylation is 1. The van der Waals surface area contributed by atoms with Gasteiger partial charge in [-0.2, -0.15) is 0 Å². The predicted molar refractivity (Wildman–Crippen MR) is 86.2 cm³/mol. The van der Waals surface area contributed by atoms with Gasteiger partial charge in [0.25, 0.3) is 5.91 Å². The Morgan fingerprint density at radius 2 is 1.96 bits per heavy atom. The molecule has 6 heteroatoms. The van der Waals surface area contributed by atoms with Crippen molar-refractivity contribution in [2.24, 2.45) is 0 Å². The quantitative estimate of drug-likeness (QED) is 0.802. The molecule has 2 aromatic heterocycles. The molecule has 0 bridgehead atoms. The van der Waals surface area contributed by atoms with Crippen molar-refractivity contribution in [3.63, 3.8) is 0 Å². The van der Waals surface area contributed by atoms with Gasteiger partial charge >= 0.3 is 0 Å². The number of carbonyl (C=O) groups is 1. The lowest BCUT2D eigenvalue weighted by Gasteiger charge is -2.05. The van der Waals surface area contributed by atoms with Crippen LogP contribution in [-0.4, -0.2) is 25.9 Å². The smallest absolute Gasteiger partial charge is 0.274 e. The minimum Gasteiger partial charge on any atom is -0.346 e. The topological polar surface area (TPSA) is 72.7 Å². The highest BCUT2D eigenvalue weighted by Crippen LogP contribution is 2.13. The first-order valence-electron chi connectivity index (χ1n) is 7.31. The van der Waals surface area contributed by atoms with E-state index in [1.807, 2.05) is 50.2 Å². The molecule has 0 aliphatic carbocycles. The van der Waals surface area contributed by atoms with Crippen LogP contribution in [0, 0.1) is 13.8 Å². The van der Waals surface area contributed by atoms with E-state index < -0.39 is 0 Å². The van der Waals surface area contributed by atoms with E-state index in [0.29, 0.717) is 17.9 Å². The molecule has 0 atom stereocenters. The first kappa shape index (κ1) is 14.9. The summed E-state index contributed by atoms with van der Waals surface area (Å²) in [5.41, 5.74) is 4.02. The predicted octanol–water partition coefficient (Wildman–Crippen LogP) is 2.21. The number of carbonyl (C=O) groups excluding carboxylic acids is 1. The molecule has 2 heterocycles. The van der Waals surface area contributed by atoms with Crippen molar-refractivity contribution in [2.45, 2.75) is 20.4 Å². The van der Waals surface area contributed by atoms with Crippen molar-refractivity contribution in [2.75, 3.05) is 0 Å². The number of nitrogens with zero attached hydrogens (tertiary/aromatic N) is 4. The number of pyridine rings is 1. The molecule has 3 aromatic rings. The lowest BCUT2D eigenvalue weighted by atomic mass is 10.2. The van der Waals surface area contributed by atoms with Gasteiger partial charge < -0.3 is 5.32 Å². The third kappa shape index (κ3) is 3.26. The van der Waals surface area contributed by atoms with E-state index in [0.717, 1.165) is 11.3 Å². The summed E-state index contributed by atoms with van der Waals surface area (Å²) in [5.74, 6) is -0.246. The van der Waals surface area contributed by atoms with E-state index in [2.05, 4.69) is 20.6 Å². The van der Waals surface area contributed by atoms with Gasteiger partial charge in [0.2, 0.25) is 0 Å². The van der Waals surface area contributed by atoms with Gasteiger partial charge in [0.1, 0.15) is 0 Å². The Morgan fingerprint density at radius 1 is 1.17 bits per heavy atom. The average molecular weight is 307 g/mol. The third-order valence-corrected chi connectivity index (χ3v) is 3.56. The summed E-state index contributed by atoms with van der Waals surface area (Å²) in [6.45, 7) is 4.26. The van der Waals surface area contributed by atoms with Gasteiger partial charge in [0.15, 0.2) is 5.69 Å². The van der Waals surface area contributed by atoms with Crippen molar-refractivity contribution in [3.05, 3.63) is 71.3 Å². The zero-order valence-electron chi connectivity index (χ0n) is 13.0. The number of benzene rings is 1. The van der Waals surface area contributed by atoms with Crippen molar-refractivity contribution in [1.82, 2.24) is 25.3 Å². The van der Waals surface area contributed by atoms with Crippen LogP contribution in [0.15, 0.2) is 48.8 Å². The maximum Gasteiger partial charge on any atom is 0.274 e. The zero-order valence-corrected chi connectivity index (χ0v) is 13.0. The first-order chi connectivity index (χ1) is 11.1. The molecule has 0 aliphatic heterocycles. The minimum absolute atomic E-state index is 0.246. The van der Waals surface area contributed by atoms with Crippen LogP contribution >= 0.6 is 0 Å². The number of aromatic nitrogens is 4. The lowest BCUT2D eigenvalue weighted by molar-refractivity contribution is 0.0945. The Labute approximate surface area is 134 Å². The van der Waals surface area contributed by atoms with E-state index in [1.165, 1.54) is 5.56 Å². The second kappa shape index (κ2) is 6.39. The highest BCUT2D eigenvalue weighted by Gasteiger charge is 2.17. The van der Waals surface area contributed by atoms with E-state index in [9.17, 15) is 4.79 Å². The van der Waals surface area contributed by atoms with Crippen LogP contribution in [0.1, 0.15) is 27.3 Å². The molecule has 0 saturated heterocycles. The number of hydrogen-bond acceptors (Lipinski definition) is 4. The Hall–Kier alpha value is -3.02. The molecule has 1 N–H and O–H groups in total. The van der Waals surface area contributed by atoms with Gasteiger partial charge in [0, 0.05) is 18.9 Å². The molecule has 0 unspecified atom stereocenters. The monoisotopic (exact) mass is 307 g/mol. The molecule has 1 amide bonds. The van der Waals surface area contributed by atoms with Crippen LogP contribution in [0.3, 0.4) is 0 Å². The van der Waals surface area contributed by atoms with Crippen LogP contribution in [-0.2, 0) is 6.54 Å². The van der Waals surface area contributed by atoms with E-state index in [1.54, 1.807) is 17.1 Å². The van der Waals surface area contributed by atoms with Gasteiger partial charge in [-0.15, -0.1) is 5.10 Å². The second-order valence-corrected chi connectivity index (χ2v) is 5.31. The molecule has 0 radical (unpaired) electrons. The summed E-state index contributed by atoms with van der Waals surface area (Å²) in [7, 11) is 0. The first-order valence-corrected chi connectivity index (χ1v) is 7.31. The Kier molecular flexibility index (Phi) is 4.14. The maximum absolute atomic E-state index is 12.3. The van der Waals surface area contributed by atoms with Gasteiger partial charge in [-0.1, -0.05) is 29.0 Å². The SMILES string of the molecule is Cc1ccc(-n2nnc(C(=O)NCc3cccnc3)c2C)cc1. The van der Waals surface area contributed by atoms with Crippen LogP contribution < -0.4 is 5.32 Å². The summed E-state index contributed by atoms with van der Waals surface area (Å²) in [6, 6.07) is 11.6. The standard InChI is InChI=1S/C17H17N5O/c1-12-5-7-15(8-6-12)22-13(2)16(20-21-22)17(23)19-11-14-4-3-9-18-10-14/h3-10H,11H2,1-2H3,(H,19,23). The maximum atomic E-state index is 12.3. The van der Waals surface area contributed by atoms with Crippen molar-refractivity contribution >= 4 is 5.91 Å². The molecule has 0 aliphatic rings. The van der Waals surface area contributed by atoms with Crippen LogP contribution in [0.4, 0.5) is 0 Å². The fourth-order valence-corrected chi connectivity index (χ4v) is 2.24. The Morgan fingerprint density at radius 3 is 2.65 bits per heavy atom. The summed E-state index contributed by atoms with van der Waals surface area (Å²) in [5, 5.41) is 10.9. The average Bonchev–Trinajstić information content (AvgIpc) is 2.96. The number of hydrogen-bond donors (Lipinski definition) is 1. The Balaban J connectivity index is 1.76. The van der Waals surface area contributed by atoms with E-state index in [-0.39, 0.29) is 5.91 Å². The van der Waals surface area contributed by atoms with E-state index in [4.69, 9.17) is 0 Å². The van der Waals surface area contributed by atoms with Crippen molar-refractivity contribution < 1.29 is 4.79 Å². The molecule has 6 nitrogen and oxygen atoms in total. The highest BCUT2D eigenvalue weighted by atomic mass is 16.2. The zero-order chi connectivity index (χ0) is 16.2. The summed E-state index contributed by atoms with van der Waals surface area (Å²) >= 11 is 0. The van der Waals surface area contributed by atoms with Crippen molar-refractivity contribution in [1.29, 1.82) is 0 Å². The number of nitrogens with one attached hydrogen (secondary N) is 1. The molecule has 0 spiro atoms. The summed E-state index contributed by atoms with van der Waals surface area (Å²) in [4.78, 5) is 16.3. The summed E-state index contributed by atoms with van der Waals surface area (Å²) in [6.07, 6.45) is 3.42. The molecule has 3 rings (SSSR count). The highest BCUT2D eigenvalue weighted by molar-refractivity contribution is 5.93. The van der Waals surface area contributed by atoms with Crippen LogP contribution in [0.5, 0.6) is 0 Å². The minimum atomic E-state index is -0.246. The van der Waals surface area contributed by atoms with Crippen molar-refractivity contribution in [3.8, 4) is 5.69 Å². The molecule has 116 valence electrons. The van der Waals surface area contributed by atoms with Gasteiger partial charge in [-0.05, 0) is 37.6 Å². The van der Waals surface area contributed by atoms with Crippen LogP contribution in [0.2, 0.25) is 0 Å². The summed E-state index contributed by atoms with van der Waals surface area (Å²) < 4.78 is 1.67. The molecule has 0 fully saturated rings. The van der Waals surface area contributed by atoms with Gasteiger partial charge in [0.05, 0.1) is 11.4 Å². The fourth-order valence-electron chi connectivity index (χ4n) is 2.24. The third-order valence-electron chi connectivity index (χ3n) is 3.56. The molecular weight excluding hydrogens is 290 g/mol. The normalized spacial score (nSPS) is 10.5. The number of rotatable bonds is 4.